The highest BCUT2D eigenvalue weighted by atomic mass is 35.5. The van der Waals surface area contributed by atoms with Crippen molar-refractivity contribution in [1.82, 2.24) is 5.32 Å². The maximum absolute atomic E-state index is 12.7. The van der Waals surface area contributed by atoms with Crippen LogP contribution in [0, 0.1) is 5.92 Å². The highest BCUT2D eigenvalue weighted by Crippen LogP contribution is 2.28. The molecule has 2 aliphatic rings. The first-order valence-electron chi connectivity index (χ1n) is 9.19. The van der Waals surface area contributed by atoms with Crippen LogP contribution in [-0.4, -0.2) is 31.4 Å². The first kappa shape index (κ1) is 19.4. The van der Waals surface area contributed by atoms with E-state index in [-0.39, 0.29) is 30.1 Å². The van der Waals surface area contributed by atoms with E-state index < -0.39 is 0 Å². The van der Waals surface area contributed by atoms with Gasteiger partial charge in [0.15, 0.2) is 0 Å². The number of nitrogens with one attached hydrogen (secondary N) is 2. The summed E-state index contributed by atoms with van der Waals surface area (Å²) in [5.41, 5.74) is 4.01. The lowest BCUT2D eigenvalue weighted by Gasteiger charge is -2.17. The number of fused-ring (bicyclic) bond motifs is 1. The Morgan fingerprint density at radius 3 is 2.63 bits per heavy atom. The predicted molar refractivity (Wildman–Crippen MR) is 109 cm³/mol. The molecule has 27 heavy (non-hydrogen) atoms. The van der Waals surface area contributed by atoms with Crippen LogP contribution in [0.15, 0.2) is 48.5 Å². The molecule has 2 N–H and O–H groups in total. The normalized spacial score (nSPS) is 17.9. The van der Waals surface area contributed by atoms with Gasteiger partial charge in [-0.25, -0.2) is 0 Å². The number of carbonyl (C=O) groups is 2. The van der Waals surface area contributed by atoms with E-state index in [9.17, 15) is 9.59 Å². The van der Waals surface area contributed by atoms with Crippen LogP contribution < -0.4 is 15.5 Å². The minimum absolute atomic E-state index is 0. The van der Waals surface area contributed by atoms with E-state index in [1.165, 1.54) is 5.56 Å². The summed E-state index contributed by atoms with van der Waals surface area (Å²) in [6.45, 7) is 2.40. The maximum Gasteiger partial charge on any atom is 0.231 e. The van der Waals surface area contributed by atoms with Gasteiger partial charge < -0.3 is 15.5 Å². The predicted octanol–water partition coefficient (Wildman–Crippen LogP) is 2.79. The highest BCUT2D eigenvalue weighted by Gasteiger charge is 2.24. The Morgan fingerprint density at radius 1 is 1.11 bits per heavy atom. The molecule has 0 aliphatic carbocycles. The van der Waals surface area contributed by atoms with Gasteiger partial charge in [0.1, 0.15) is 0 Å². The zero-order chi connectivity index (χ0) is 17.9. The van der Waals surface area contributed by atoms with Crippen molar-refractivity contribution in [3.05, 3.63) is 59.7 Å². The number of hydrogen-bond acceptors (Lipinski definition) is 3. The number of para-hydroxylation sites is 1. The van der Waals surface area contributed by atoms with Crippen LogP contribution in [0.3, 0.4) is 0 Å². The van der Waals surface area contributed by atoms with Crippen molar-refractivity contribution in [2.24, 2.45) is 5.92 Å². The zero-order valence-electron chi connectivity index (χ0n) is 15.1. The van der Waals surface area contributed by atoms with E-state index in [0.717, 1.165) is 49.4 Å². The van der Waals surface area contributed by atoms with Gasteiger partial charge in [-0.2, -0.15) is 0 Å². The van der Waals surface area contributed by atoms with E-state index in [1.54, 1.807) is 0 Å². The summed E-state index contributed by atoms with van der Waals surface area (Å²) in [7, 11) is 0. The first-order valence-corrected chi connectivity index (χ1v) is 9.19. The Hall–Kier alpha value is -2.37. The molecule has 6 heteroatoms. The smallest absolute Gasteiger partial charge is 0.231 e. The third kappa shape index (κ3) is 4.31. The number of halogens is 1. The van der Waals surface area contributed by atoms with Gasteiger partial charge in [0.05, 0.1) is 12.3 Å². The van der Waals surface area contributed by atoms with E-state index in [2.05, 4.69) is 16.7 Å². The molecule has 0 spiro atoms. The van der Waals surface area contributed by atoms with E-state index in [0.29, 0.717) is 6.42 Å². The quantitative estimate of drug-likeness (QED) is 0.850. The molecule has 0 bridgehead atoms. The minimum atomic E-state index is 0. The van der Waals surface area contributed by atoms with Gasteiger partial charge in [0.25, 0.3) is 0 Å². The van der Waals surface area contributed by atoms with Gasteiger partial charge >= 0.3 is 0 Å². The third-order valence-corrected chi connectivity index (χ3v) is 5.20. The molecule has 0 radical (unpaired) electrons. The SMILES string of the molecule is Cl.O=C(Nc1ccc(CC(=O)N2CCc3ccccc32)cc1)C1CCNC1. The van der Waals surface area contributed by atoms with E-state index in [4.69, 9.17) is 0 Å². The van der Waals surface area contributed by atoms with Crippen molar-refractivity contribution in [2.75, 3.05) is 29.9 Å². The molecule has 0 saturated carbocycles. The lowest BCUT2D eigenvalue weighted by molar-refractivity contribution is -0.119. The van der Waals surface area contributed by atoms with Crippen molar-refractivity contribution < 1.29 is 9.59 Å². The monoisotopic (exact) mass is 385 g/mol. The molecule has 0 aromatic heterocycles. The molecule has 4 rings (SSSR count). The van der Waals surface area contributed by atoms with Crippen LogP contribution in [0.25, 0.3) is 0 Å². The number of carbonyl (C=O) groups excluding carboxylic acids is 2. The summed E-state index contributed by atoms with van der Waals surface area (Å²) in [4.78, 5) is 26.7. The second-order valence-electron chi connectivity index (χ2n) is 6.98. The van der Waals surface area contributed by atoms with Gasteiger partial charge in [-0.05, 0) is 48.7 Å². The molecule has 2 heterocycles. The Bertz CT molecular complexity index is 816. The fourth-order valence-electron chi connectivity index (χ4n) is 3.70. The number of rotatable bonds is 4. The second-order valence-corrected chi connectivity index (χ2v) is 6.98. The van der Waals surface area contributed by atoms with Gasteiger partial charge in [0.2, 0.25) is 11.8 Å². The molecule has 142 valence electrons. The number of hydrogen-bond donors (Lipinski definition) is 2. The largest absolute Gasteiger partial charge is 0.326 e. The summed E-state index contributed by atoms with van der Waals surface area (Å²) >= 11 is 0. The molecule has 2 amide bonds. The summed E-state index contributed by atoms with van der Waals surface area (Å²) in [6, 6.07) is 15.7. The van der Waals surface area contributed by atoms with Gasteiger partial charge in [-0.15, -0.1) is 12.4 Å². The Labute approximate surface area is 165 Å². The van der Waals surface area contributed by atoms with Crippen LogP contribution in [0.5, 0.6) is 0 Å². The molecule has 1 unspecified atom stereocenters. The molecule has 1 atom stereocenters. The lowest BCUT2D eigenvalue weighted by Crippen LogP contribution is -2.30. The fraction of sp³-hybridized carbons (Fsp3) is 0.333. The third-order valence-electron chi connectivity index (χ3n) is 5.20. The summed E-state index contributed by atoms with van der Waals surface area (Å²) in [5.74, 6) is 0.225. The highest BCUT2D eigenvalue weighted by molar-refractivity contribution is 5.97. The van der Waals surface area contributed by atoms with E-state index >= 15 is 0 Å². The van der Waals surface area contributed by atoms with Gasteiger partial charge in [-0.3, -0.25) is 9.59 Å². The van der Waals surface area contributed by atoms with Crippen LogP contribution >= 0.6 is 12.4 Å². The van der Waals surface area contributed by atoms with Crippen LogP contribution in [-0.2, 0) is 22.4 Å². The Balaban J connectivity index is 0.00000210. The Morgan fingerprint density at radius 2 is 1.89 bits per heavy atom. The van der Waals surface area contributed by atoms with Crippen molar-refractivity contribution in [3.8, 4) is 0 Å². The number of anilines is 2. The summed E-state index contributed by atoms with van der Waals surface area (Å²) in [6.07, 6.45) is 2.17. The number of nitrogens with zero attached hydrogens (tertiary/aromatic N) is 1. The maximum atomic E-state index is 12.7. The summed E-state index contributed by atoms with van der Waals surface area (Å²) < 4.78 is 0. The lowest BCUT2D eigenvalue weighted by atomic mass is 10.1. The van der Waals surface area contributed by atoms with Crippen LogP contribution in [0.1, 0.15) is 17.5 Å². The van der Waals surface area contributed by atoms with E-state index in [1.807, 2.05) is 47.4 Å². The molecular formula is C21H24ClN3O2. The van der Waals surface area contributed by atoms with Crippen molar-refractivity contribution in [2.45, 2.75) is 19.3 Å². The van der Waals surface area contributed by atoms with Gasteiger partial charge in [0, 0.05) is 24.5 Å². The minimum Gasteiger partial charge on any atom is -0.326 e. The van der Waals surface area contributed by atoms with Crippen molar-refractivity contribution >= 4 is 35.6 Å². The number of benzene rings is 2. The summed E-state index contributed by atoms with van der Waals surface area (Å²) in [5, 5.41) is 6.16. The Kier molecular flexibility index (Phi) is 6.14. The van der Waals surface area contributed by atoms with Crippen molar-refractivity contribution in [3.63, 3.8) is 0 Å². The fourth-order valence-corrected chi connectivity index (χ4v) is 3.70. The first-order chi connectivity index (χ1) is 12.7. The molecule has 1 saturated heterocycles. The number of amides is 2. The van der Waals surface area contributed by atoms with Crippen LogP contribution in [0.4, 0.5) is 11.4 Å². The molecule has 2 aliphatic heterocycles. The molecular weight excluding hydrogens is 362 g/mol. The molecule has 2 aromatic rings. The second kappa shape index (κ2) is 8.55. The van der Waals surface area contributed by atoms with Crippen molar-refractivity contribution in [1.29, 1.82) is 0 Å². The zero-order valence-corrected chi connectivity index (χ0v) is 15.9. The topological polar surface area (TPSA) is 61.4 Å². The standard InChI is InChI=1S/C21H23N3O2.ClH/c25-20(24-12-10-16-3-1-2-4-19(16)24)13-15-5-7-18(8-6-15)23-21(26)17-9-11-22-14-17;/h1-8,17,22H,9-14H2,(H,23,26);1H. The van der Waals surface area contributed by atoms with Crippen LogP contribution in [0.2, 0.25) is 0 Å². The average molecular weight is 386 g/mol. The molecule has 1 fully saturated rings. The van der Waals surface area contributed by atoms with Gasteiger partial charge in [-0.1, -0.05) is 30.3 Å². The average Bonchev–Trinajstić information content (AvgIpc) is 3.33. The molecule has 2 aromatic carbocycles. The molecule has 5 nitrogen and oxygen atoms in total.